The Bertz CT molecular complexity index is 1140. The van der Waals surface area contributed by atoms with Crippen LogP contribution < -0.4 is 16.0 Å². The SMILES string of the molecule is CCCc1ccc(NC(=O)CC(CC(=O)Nc2ccc(CCC)cc2)C(=O)Nc2ccc(CCC)cc2)cc1. The topological polar surface area (TPSA) is 87.3 Å². The summed E-state index contributed by atoms with van der Waals surface area (Å²) in [5.41, 5.74) is 5.59. The molecular weight excluding hydrogens is 486 g/mol. The highest BCUT2D eigenvalue weighted by molar-refractivity contribution is 6.01. The summed E-state index contributed by atoms with van der Waals surface area (Å²) in [6.45, 7) is 6.37. The molecule has 206 valence electrons. The molecule has 3 aromatic carbocycles. The Morgan fingerprint density at radius 3 is 1.13 bits per heavy atom. The van der Waals surface area contributed by atoms with Gasteiger partial charge in [-0.05, 0) is 72.4 Å². The van der Waals surface area contributed by atoms with Gasteiger partial charge in [0.15, 0.2) is 0 Å². The van der Waals surface area contributed by atoms with Gasteiger partial charge >= 0.3 is 0 Å². The molecule has 39 heavy (non-hydrogen) atoms. The summed E-state index contributed by atoms with van der Waals surface area (Å²) in [6, 6.07) is 23.1. The van der Waals surface area contributed by atoms with Crippen LogP contribution in [0.25, 0.3) is 0 Å². The molecule has 0 heterocycles. The van der Waals surface area contributed by atoms with E-state index in [1.54, 1.807) is 0 Å². The highest BCUT2D eigenvalue weighted by Crippen LogP contribution is 2.19. The second kappa shape index (κ2) is 15.5. The smallest absolute Gasteiger partial charge is 0.228 e. The maximum atomic E-state index is 13.3. The van der Waals surface area contributed by atoms with E-state index >= 15 is 0 Å². The molecule has 0 saturated carbocycles. The van der Waals surface area contributed by atoms with Crippen LogP contribution >= 0.6 is 0 Å². The molecule has 0 spiro atoms. The second-order valence-electron chi connectivity index (χ2n) is 10.0. The van der Waals surface area contributed by atoms with Crippen molar-refractivity contribution in [2.75, 3.05) is 16.0 Å². The van der Waals surface area contributed by atoms with Crippen LogP contribution in [-0.2, 0) is 33.6 Å². The first-order valence-electron chi connectivity index (χ1n) is 14.1. The van der Waals surface area contributed by atoms with Crippen LogP contribution in [0.4, 0.5) is 17.1 Å². The summed E-state index contributed by atoms with van der Waals surface area (Å²) >= 11 is 0. The van der Waals surface area contributed by atoms with Gasteiger partial charge < -0.3 is 16.0 Å². The predicted octanol–water partition coefficient (Wildman–Crippen LogP) is 7.16. The van der Waals surface area contributed by atoms with Gasteiger partial charge in [-0.1, -0.05) is 76.4 Å². The minimum absolute atomic E-state index is 0.112. The zero-order valence-electron chi connectivity index (χ0n) is 23.4. The molecule has 3 rings (SSSR count). The van der Waals surface area contributed by atoms with Crippen LogP contribution in [0.1, 0.15) is 69.6 Å². The molecule has 3 aromatic rings. The van der Waals surface area contributed by atoms with Gasteiger partial charge in [-0.25, -0.2) is 0 Å². The highest BCUT2D eigenvalue weighted by atomic mass is 16.2. The predicted molar refractivity (Wildman–Crippen MR) is 160 cm³/mol. The number of anilines is 3. The zero-order valence-corrected chi connectivity index (χ0v) is 23.4. The number of aryl methyl sites for hydroxylation is 3. The van der Waals surface area contributed by atoms with Gasteiger partial charge in [-0.2, -0.15) is 0 Å². The first-order valence-corrected chi connectivity index (χ1v) is 14.1. The molecule has 0 atom stereocenters. The number of carbonyl (C=O) groups excluding carboxylic acids is 3. The standard InChI is InChI=1S/C33H41N3O3/c1-4-7-24-10-16-28(17-11-24)34-31(37)22-27(33(39)36-30-20-14-26(9-6-3)15-21-30)23-32(38)35-29-18-12-25(8-5-2)13-19-29/h10-21,27H,4-9,22-23H2,1-3H3,(H,34,37)(H,35,38)(H,36,39). The number of rotatable bonds is 14. The van der Waals surface area contributed by atoms with Crippen molar-refractivity contribution in [3.05, 3.63) is 89.5 Å². The van der Waals surface area contributed by atoms with E-state index in [2.05, 4.69) is 36.7 Å². The third kappa shape index (κ3) is 10.0. The average molecular weight is 528 g/mol. The van der Waals surface area contributed by atoms with E-state index in [9.17, 15) is 14.4 Å². The van der Waals surface area contributed by atoms with Gasteiger partial charge in [0, 0.05) is 29.9 Å². The van der Waals surface area contributed by atoms with Crippen molar-refractivity contribution in [2.24, 2.45) is 5.92 Å². The van der Waals surface area contributed by atoms with Crippen LogP contribution in [-0.4, -0.2) is 17.7 Å². The van der Waals surface area contributed by atoms with E-state index in [-0.39, 0.29) is 30.6 Å². The lowest BCUT2D eigenvalue weighted by Crippen LogP contribution is -2.31. The summed E-state index contributed by atoms with van der Waals surface area (Å²) < 4.78 is 0. The van der Waals surface area contributed by atoms with Crippen LogP contribution in [0.15, 0.2) is 72.8 Å². The van der Waals surface area contributed by atoms with E-state index in [0.717, 1.165) is 38.5 Å². The number of hydrogen-bond acceptors (Lipinski definition) is 3. The van der Waals surface area contributed by atoms with Crippen LogP contribution in [0.5, 0.6) is 0 Å². The minimum Gasteiger partial charge on any atom is -0.326 e. The Morgan fingerprint density at radius 1 is 0.513 bits per heavy atom. The average Bonchev–Trinajstić information content (AvgIpc) is 2.92. The molecule has 0 bridgehead atoms. The third-order valence-electron chi connectivity index (χ3n) is 6.55. The number of nitrogens with one attached hydrogen (secondary N) is 3. The van der Waals surface area contributed by atoms with Gasteiger partial charge in [0.1, 0.15) is 0 Å². The lowest BCUT2D eigenvalue weighted by molar-refractivity contribution is -0.127. The zero-order chi connectivity index (χ0) is 28.0. The first kappa shape index (κ1) is 29.6. The van der Waals surface area contributed by atoms with E-state index in [4.69, 9.17) is 0 Å². The van der Waals surface area contributed by atoms with Crippen LogP contribution in [0.3, 0.4) is 0 Å². The quantitative estimate of drug-likeness (QED) is 0.208. The van der Waals surface area contributed by atoms with Crippen molar-refractivity contribution >= 4 is 34.8 Å². The lowest BCUT2D eigenvalue weighted by Gasteiger charge is -2.17. The molecule has 6 nitrogen and oxygen atoms in total. The maximum Gasteiger partial charge on any atom is 0.228 e. The Labute approximate surface area is 232 Å². The second-order valence-corrected chi connectivity index (χ2v) is 10.0. The summed E-state index contributed by atoms with van der Waals surface area (Å²) in [4.78, 5) is 39.1. The summed E-state index contributed by atoms with van der Waals surface area (Å²) in [7, 11) is 0. The number of carbonyl (C=O) groups is 3. The molecule has 0 aliphatic heterocycles. The molecule has 0 unspecified atom stereocenters. The van der Waals surface area contributed by atoms with E-state index < -0.39 is 5.92 Å². The summed E-state index contributed by atoms with van der Waals surface area (Å²) in [6.07, 6.45) is 5.84. The fourth-order valence-electron chi connectivity index (χ4n) is 4.50. The Morgan fingerprint density at radius 2 is 0.821 bits per heavy atom. The molecule has 6 heteroatoms. The van der Waals surface area contributed by atoms with E-state index in [1.807, 2.05) is 72.8 Å². The number of amides is 3. The lowest BCUT2D eigenvalue weighted by atomic mass is 9.98. The fraction of sp³-hybridized carbons (Fsp3) is 0.364. The molecule has 0 radical (unpaired) electrons. The summed E-state index contributed by atoms with van der Waals surface area (Å²) in [5.74, 6) is -1.82. The Balaban J connectivity index is 1.68. The molecule has 3 amide bonds. The first-order chi connectivity index (χ1) is 18.9. The maximum absolute atomic E-state index is 13.3. The van der Waals surface area contributed by atoms with Crippen molar-refractivity contribution in [1.82, 2.24) is 0 Å². The van der Waals surface area contributed by atoms with Gasteiger partial charge in [-0.3, -0.25) is 14.4 Å². The molecule has 0 aliphatic carbocycles. The molecule has 0 aliphatic rings. The minimum atomic E-state index is -0.834. The van der Waals surface area contributed by atoms with Gasteiger partial charge in [-0.15, -0.1) is 0 Å². The van der Waals surface area contributed by atoms with Crippen molar-refractivity contribution in [2.45, 2.75) is 72.1 Å². The number of hydrogen-bond donors (Lipinski definition) is 3. The van der Waals surface area contributed by atoms with Crippen molar-refractivity contribution in [1.29, 1.82) is 0 Å². The fourth-order valence-corrected chi connectivity index (χ4v) is 4.50. The van der Waals surface area contributed by atoms with Crippen LogP contribution in [0.2, 0.25) is 0 Å². The number of benzene rings is 3. The summed E-state index contributed by atoms with van der Waals surface area (Å²) in [5, 5.41) is 8.64. The van der Waals surface area contributed by atoms with Gasteiger partial charge in [0.25, 0.3) is 0 Å². The van der Waals surface area contributed by atoms with Crippen molar-refractivity contribution in [3.8, 4) is 0 Å². The highest BCUT2D eigenvalue weighted by Gasteiger charge is 2.25. The van der Waals surface area contributed by atoms with Gasteiger partial charge in [0.05, 0.1) is 5.92 Å². The third-order valence-corrected chi connectivity index (χ3v) is 6.55. The Kier molecular flexibility index (Phi) is 11.8. The van der Waals surface area contributed by atoms with E-state index in [0.29, 0.717) is 17.1 Å². The molecule has 0 fully saturated rings. The monoisotopic (exact) mass is 527 g/mol. The largest absolute Gasteiger partial charge is 0.326 e. The van der Waals surface area contributed by atoms with E-state index in [1.165, 1.54) is 16.7 Å². The Hall–Kier alpha value is -3.93. The van der Waals surface area contributed by atoms with Crippen molar-refractivity contribution < 1.29 is 14.4 Å². The van der Waals surface area contributed by atoms with Crippen LogP contribution in [0, 0.1) is 5.92 Å². The van der Waals surface area contributed by atoms with Crippen molar-refractivity contribution in [3.63, 3.8) is 0 Å². The van der Waals surface area contributed by atoms with Gasteiger partial charge in [0.2, 0.25) is 17.7 Å². The molecular formula is C33H41N3O3. The molecule has 0 saturated heterocycles. The molecule has 3 N–H and O–H groups in total. The molecule has 0 aromatic heterocycles. The normalized spacial score (nSPS) is 10.8.